The second-order valence-electron chi connectivity index (χ2n) is 4.70. The molecule has 0 amide bonds. The van der Waals surface area contributed by atoms with Crippen molar-refractivity contribution in [3.63, 3.8) is 0 Å². The molecule has 21 heavy (non-hydrogen) atoms. The first-order valence-corrected chi connectivity index (χ1v) is 7.99. The fraction of sp³-hybridized carbons (Fsp3) is 0.312. The third-order valence-electron chi connectivity index (χ3n) is 2.98. The number of rotatable bonds is 6. The van der Waals surface area contributed by atoms with Crippen LogP contribution in [0.4, 0.5) is 0 Å². The van der Waals surface area contributed by atoms with Gasteiger partial charge >= 0.3 is 0 Å². The van der Waals surface area contributed by atoms with Crippen LogP contribution in [-0.4, -0.2) is 29.9 Å². The van der Waals surface area contributed by atoms with Gasteiger partial charge in [0, 0.05) is 50.2 Å². The zero-order valence-electron chi connectivity index (χ0n) is 12.5. The number of benzene rings is 1. The summed E-state index contributed by atoms with van der Waals surface area (Å²) in [6.07, 6.45) is 4.15. The average molecular weight is 302 g/mol. The average Bonchev–Trinajstić information content (AvgIpc) is 2.93. The zero-order valence-corrected chi connectivity index (χ0v) is 13.4. The maximum absolute atomic E-state index is 4.23. The summed E-state index contributed by atoms with van der Waals surface area (Å²) in [5, 5.41) is 6.64. The number of hydrogen-bond donors (Lipinski definition) is 2. The van der Waals surface area contributed by atoms with Crippen LogP contribution in [0.3, 0.4) is 0 Å². The molecule has 1 heterocycles. The number of thioether (sulfide) groups is 1. The molecule has 0 saturated heterocycles. The lowest BCUT2D eigenvalue weighted by atomic mass is 10.3. The Labute approximate surface area is 130 Å². The third-order valence-corrected chi connectivity index (χ3v) is 4.00. The molecule has 2 rings (SSSR count). The highest BCUT2D eigenvalue weighted by molar-refractivity contribution is 7.99. The number of aryl methyl sites for hydroxylation is 1. The Balaban J connectivity index is 1.66. The number of nitrogens with one attached hydrogen (secondary N) is 2. The Bertz CT molecular complexity index is 563. The van der Waals surface area contributed by atoms with Gasteiger partial charge in [-0.15, -0.1) is 11.8 Å². The Morgan fingerprint density at radius 3 is 2.67 bits per heavy atom. The maximum atomic E-state index is 4.23. The summed E-state index contributed by atoms with van der Waals surface area (Å²) in [6.45, 7) is 1.67. The van der Waals surface area contributed by atoms with E-state index in [1.165, 1.54) is 10.5 Å². The Morgan fingerprint density at radius 2 is 2.00 bits per heavy atom. The Morgan fingerprint density at radius 1 is 1.19 bits per heavy atom. The smallest absolute Gasteiger partial charge is 0.191 e. The molecule has 112 valence electrons. The molecule has 0 unspecified atom stereocenters. The summed E-state index contributed by atoms with van der Waals surface area (Å²) >= 11 is 1.84. The lowest BCUT2D eigenvalue weighted by Crippen LogP contribution is -2.37. The molecule has 0 saturated carbocycles. The van der Waals surface area contributed by atoms with Crippen LogP contribution >= 0.6 is 11.8 Å². The predicted molar refractivity (Wildman–Crippen MR) is 90.8 cm³/mol. The van der Waals surface area contributed by atoms with Gasteiger partial charge in [-0.25, -0.2) is 0 Å². The van der Waals surface area contributed by atoms with Gasteiger partial charge in [0.05, 0.1) is 0 Å². The van der Waals surface area contributed by atoms with Crippen molar-refractivity contribution in [3.8, 4) is 0 Å². The molecule has 0 atom stereocenters. The molecular weight excluding hydrogens is 280 g/mol. The number of hydrogen-bond acceptors (Lipinski definition) is 2. The second kappa shape index (κ2) is 8.42. The largest absolute Gasteiger partial charge is 0.357 e. The highest BCUT2D eigenvalue weighted by atomic mass is 32.2. The molecule has 5 heteroatoms. The number of aromatic nitrogens is 1. The van der Waals surface area contributed by atoms with Gasteiger partial charge in [0.1, 0.15) is 0 Å². The van der Waals surface area contributed by atoms with E-state index in [9.17, 15) is 0 Å². The normalized spacial score (nSPS) is 11.4. The first-order valence-electron chi connectivity index (χ1n) is 7.01. The van der Waals surface area contributed by atoms with Crippen molar-refractivity contribution in [2.75, 3.05) is 19.3 Å². The Hall–Kier alpha value is -1.88. The molecule has 2 N–H and O–H groups in total. The van der Waals surface area contributed by atoms with E-state index in [4.69, 9.17) is 0 Å². The first-order chi connectivity index (χ1) is 10.3. The van der Waals surface area contributed by atoms with Gasteiger partial charge in [0.25, 0.3) is 0 Å². The SMILES string of the molecule is CN=C(NCCSc1ccccc1)NCc1ccn(C)c1. The van der Waals surface area contributed by atoms with Crippen LogP contribution in [0.1, 0.15) is 5.56 Å². The summed E-state index contributed by atoms with van der Waals surface area (Å²) in [5.74, 6) is 1.85. The van der Waals surface area contributed by atoms with Gasteiger partial charge < -0.3 is 15.2 Å². The number of aliphatic imine (C=N–C) groups is 1. The predicted octanol–water partition coefficient (Wildman–Crippen LogP) is 2.48. The van der Waals surface area contributed by atoms with E-state index in [1.54, 1.807) is 7.05 Å². The van der Waals surface area contributed by atoms with Crippen LogP contribution in [0.15, 0.2) is 58.7 Å². The van der Waals surface area contributed by atoms with Crippen molar-refractivity contribution >= 4 is 17.7 Å². The van der Waals surface area contributed by atoms with E-state index in [0.29, 0.717) is 0 Å². The Kier molecular flexibility index (Phi) is 6.22. The molecule has 0 aliphatic heterocycles. The lowest BCUT2D eigenvalue weighted by molar-refractivity contribution is 0.827. The van der Waals surface area contributed by atoms with Crippen molar-refractivity contribution in [1.82, 2.24) is 15.2 Å². The van der Waals surface area contributed by atoms with E-state index >= 15 is 0 Å². The van der Waals surface area contributed by atoms with Crippen LogP contribution < -0.4 is 10.6 Å². The lowest BCUT2D eigenvalue weighted by Gasteiger charge is -2.11. The molecular formula is C16H22N4S. The molecule has 2 aromatic rings. The van der Waals surface area contributed by atoms with Gasteiger partial charge in [-0.2, -0.15) is 0 Å². The molecule has 0 aliphatic rings. The van der Waals surface area contributed by atoms with Crippen LogP contribution in [0.25, 0.3) is 0 Å². The molecule has 0 spiro atoms. The van der Waals surface area contributed by atoms with E-state index in [-0.39, 0.29) is 0 Å². The summed E-state index contributed by atoms with van der Waals surface area (Å²) in [6, 6.07) is 12.5. The van der Waals surface area contributed by atoms with Crippen molar-refractivity contribution < 1.29 is 0 Å². The fourth-order valence-corrected chi connectivity index (χ4v) is 2.72. The monoisotopic (exact) mass is 302 g/mol. The number of nitrogens with zero attached hydrogens (tertiary/aromatic N) is 2. The topological polar surface area (TPSA) is 41.4 Å². The van der Waals surface area contributed by atoms with Gasteiger partial charge in [0.15, 0.2) is 5.96 Å². The van der Waals surface area contributed by atoms with Crippen molar-refractivity contribution in [1.29, 1.82) is 0 Å². The minimum atomic E-state index is 0.784. The third kappa shape index (κ3) is 5.55. The summed E-state index contributed by atoms with van der Waals surface area (Å²) in [7, 11) is 3.82. The van der Waals surface area contributed by atoms with Crippen molar-refractivity contribution in [3.05, 3.63) is 54.4 Å². The van der Waals surface area contributed by atoms with Crippen LogP contribution in [0.5, 0.6) is 0 Å². The standard InChI is InChI=1S/C16H22N4S/c1-17-16(19-12-14-8-10-20(2)13-14)18-9-11-21-15-6-4-3-5-7-15/h3-8,10,13H,9,11-12H2,1-2H3,(H2,17,18,19). The van der Waals surface area contributed by atoms with Gasteiger partial charge in [-0.1, -0.05) is 18.2 Å². The molecule has 0 radical (unpaired) electrons. The van der Waals surface area contributed by atoms with Crippen LogP contribution in [-0.2, 0) is 13.6 Å². The van der Waals surface area contributed by atoms with E-state index < -0.39 is 0 Å². The fourth-order valence-electron chi connectivity index (χ4n) is 1.93. The molecule has 4 nitrogen and oxygen atoms in total. The number of guanidine groups is 1. The summed E-state index contributed by atoms with van der Waals surface area (Å²) in [4.78, 5) is 5.53. The summed E-state index contributed by atoms with van der Waals surface area (Å²) < 4.78 is 2.05. The second-order valence-corrected chi connectivity index (χ2v) is 5.87. The van der Waals surface area contributed by atoms with Crippen molar-refractivity contribution in [2.24, 2.45) is 12.0 Å². The van der Waals surface area contributed by atoms with E-state index in [0.717, 1.165) is 24.8 Å². The van der Waals surface area contributed by atoms with Crippen LogP contribution in [0, 0.1) is 0 Å². The minimum absolute atomic E-state index is 0.784. The highest BCUT2D eigenvalue weighted by Crippen LogP contribution is 2.15. The maximum Gasteiger partial charge on any atom is 0.191 e. The van der Waals surface area contributed by atoms with Gasteiger partial charge in [-0.3, -0.25) is 4.99 Å². The van der Waals surface area contributed by atoms with Gasteiger partial charge in [-0.05, 0) is 23.8 Å². The quantitative estimate of drug-likeness (QED) is 0.373. The molecule has 0 fully saturated rings. The van der Waals surface area contributed by atoms with Gasteiger partial charge in [0.2, 0.25) is 0 Å². The van der Waals surface area contributed by atoms with Crippen molar-refractivity contribution in [2.45, 2.75) is 11.4 Å². The molecule has 1 aromatic heterocycles. The zero-order chi connectivity index (χ0) is 14.9. The highest BCUT2D eigenvalue weighted by Gasteiger charge is 1.99. The van der Waals surface area contributed by atoms with E-state index in [2.05, 4.69) is 52.2 Å². The molecule has 0 bridgehead atoms. The molecule has 0 aliphatic carbocycles. The van der Waals surface area contributed by atoms with Crippen LogP contribution in [0.2, 0.25) is 0 Å². The van der Waals surface area contributed by atoms with E-state index in [1.807, 2.05) is 35.6 Å². The minimum Gasteiger partial charge on any atom is -0.357 e. The first kappa shape index (κ1) is 15.5. The summed E-state index contributed by atoms with van der Waals surface area (Å²) in [5.41, 5.74) is 1.25. The molecule has 1 aromatic carbocycles.